The number of carbonyl (C=O) groups excluding carboxylic acids is 2. The number of nitrogens with zero attached hydrogens (tertiary/aromatic N) is 4. The topological polar surface area (TPSA) is 89.4 Å². The molecule has 1 saturated heterocycles. The molecule has 3 aliphatic rings. The summed E-state index contributed by atoms with van der Waals surface area (Å²) in [6.07, 6.45) is -0.813. The van der Waals surface area contributed by atoms with Gasteiger partial charge in [0, 0.05) is 54.7 Å². The first-order valence-electron chi connectivity index (χ1n) is 14.3. The maximum Gasteiger partial charge on any atom is 0.416 e. The molecule has 0 bridgehead atoms. The molecule has 1 aromatic heterocycles. The average molecular weight is 600 g/mol. The number of hydrogen-bond acceptors (Lipinski definition) is 5. The maximum absolute atomic E-state index is 13.2. The number of aryl methyl sites for hydroxylation is 1. The Morgan fingerprint density at radius 3 is 2.32 bits per heavy atom. The second-order valence-electron chi connectivity index (χ2n) is 11.5. The number of piperidine rings is 1. The van der Waals surface area contributed by atoms with Crippen molar-refractivity contribution in [3.8, 4) is 22.5 Å². The van der Waals surface area contributed by atoms with Crippen molar-refractivity contribution in [1.82, 2.24) is 25.0 Å². The molecule has 2 fully saturated rings. The summed E-state index contributed by atoms with van der Waals surface area (Å²) in [4.78, 5) is 31.3. The van der Waals surface area contributed by atoms with Crippen LogP contribution in [0.5, 0.6) is 0 Å². The van der Waals surface area contributed by atoms with E-state index in [1.807, 2.05) is 24.3 Å². The molecule has 2 aliphatic carbocycles. The predicted octanol–water partition coefficient (Wildman–Crippen LogP) is 5.74. The van der Waals surface area contributed by atoms with Crippen LogP contribution >= 0.6 is 0 Å². The zero-order valence-electron chi connectivity index (χ0n) is 23.7. The smallest absolute Gasteiger partial charge is 0.416 e. The Morgan fingerprint density at radius 2 is 1.66 bits per heavy atom. The zero-order valence-corrected chi connectivity index (χ0v) is 23.7. The Balaban J connectivity index is 0.902. The first-order chi connectivity index (χ1) is 21.2. The van der Waals surface area contributed by atoms with E-state index in [0.717, 1.165) is 23.3 Å². The molecule has 224 valence electrons. The molecule has 11 heteroatoms. The van der Waals surface area contributed by atoms with Crippen LogP contribution < -0.4 is 5.32 Å². The van der Waals surface area contributed by atoms with Gasteiger partial charge in [-0.25, -0.2) is 14.5 Å². The number of benzene rings is 3. The van der Waals surface area contributed by atoms with Crippen molar-refractivity contribution in [3.63, 3.8) is 0 Å². The number of likely N-dealkylation sites (tertiary alicyclic amines) is 1. The van der Waals surface area contributed by atoms with Crippen LogP contribution in [0.2, 0.25) is 0 Å². The molecule has 7 rings (SSSR count). The highest BCUT2D eigenvalue weighted by Gasteiger charge is 2.57. The van der Waals surface area contributed by atoms with Crippen LogP contribution in [0.3, 0.4) is 0 Å². The molecular formula is C33H28F3N5O3. The van der Waals surface area contributed by atoms with Gasteiger partial charge in [-0.1, -0.05) is 48.5 Å². The quantitative estimate of drug-likeness (QED) is 0.286. The van der Waals surface area contributed by atoms with Gasteiger partial charge in [-0.05, 0) is 52.9 Å². The SMILES string of the molecule is Cc1cc(-c2ncn(/C=C\C(=O)N3CC4C(C3)C4NC(=O)OCC3c4ccccc4-c4ccccc43)n2)cc(C(F)(F)F)c1. The fraction of sp³-hybridized carbons (Fsp3) is 0.273. The fourth-order valence-electron chi connectivity index (χ4n) is 6.50. The van der Waals surface area contributed by atoms with Crippen molar-refractivity contribution in [2.45, 2.75) is 25.1 Å². The lowest BCUT2D eigenvalue weighted by atomic mass is 9.98. The van der Waals surface area contributed by atoms with Gasteiger partial charge >= 0.3 is 12.3 Å². The lowest BCUT2D eigenvalue weighted by molar-refractivity contribution is -0.137. The van der Waals surface area contributed by atoms with Gasteiger partial charge in [-0.2, -0.15) is 13.2 Å². The normalized spacial score (nSPS) is 20.4. The molecule has 1 aliphatic heterocycles. The summed E-state index contributed by atoms with van der Waals surface area (Å²) in [6, 6.07) is 20.0. The summed E-state index contributed by atoms with van der Waals surface area (Å²) in [5.41, 5.74) is 4.56. The molecule has 3 aromatic carbocycles. The van der Waals surface area contributed by atoms with E-state index in [-0.39, 0.29) is 47.7 Å². The number of fused-ring (bicyclic) bond motifs is 4. The molecule has 0 spiro atoms. The predicted molar refractivity (Wildman–Crippen MR) is 156 cm³/mol. The van der Waals surface area contributed by atoms with Gasteiger partial charge in [0.2, 0.25) is 5.91 Å². The van der Waals surface area contributed by atoms with Crippen LogP contribution in [0, 0.1) is 18.8 Å². The molecular weight excluding hydrogens is 571 g/mol. The van der Waals surface area contributed by atoms with E-state index in [2.05, 4.69) is 39.7 Å². The van der Waals surface area contributed by atoms with Crippen LogP contribution in [-0.4, -0.2) is 57.4 Å². The minimum absolute atomic E-state index is 0.0120. The molecule has 2 heterocycles. The summed E-state index contributed by atoms with van der Waals surface area (Å²) in [5, 5.41) is 7.17. The van der Waals surface area contributed by atoms with Crippen LogP contribution in [0.15, 0.2) is 79.1 Å². The average Bonchev–Trinajstić information content (AvgIpc) is 3.43. The molecule has 8 nitrogen and oxygen atoms in total. The van der Waals surface area contributed by atoms with Gasteiger partial charge < -0.3 is 15.0 Å². The zero-order chi connectivity index (χ0) is 30.6. The van der Waals surface area contributed by atoms with E-state index in [1.165, 1.54) is 34.4 Å². The first kappa shape index (κ1) is 27.9. The van der Waals surface area contributed by atoms with E-state index >= 15 is 0 Å². The number of hydrogen-bond donors (Lipinski definition) is 1. The molecule has 2 amide bonds. The van der Waals surface area contributed by atoms with Gasteiger partial charge in [-0.15, -0.1) is 5.10 Å². The third kappa shape index (κ3) is 5.23. The van der Waals surface area contributed by atoms with Crippen molar-refractivity contribution in [2.24, 2.45) is 11.8 Å². The Morgan fingerprint density at radius 1 is 1.00 bits per heavy atom. The van der Waals surface area contributed by atoms with Crippen molar-refractivity contribution in [2.75, 3.05) is 19.7 Å². The molecule has 2 atom stereocenters. The summed E-state index contributed by atoms with van der Waals surface area (Å²) < 4.78 is 46.6. The number of aromatic nitrogens is 3. The Hall–Kier alpha value is -4.93. The largest absolute Gasteiger partial charge is 0.449 e. The van der Waals surface area contributed by atoms with Crippen molar-refractivity contribution in [1.29, 1.82) is 0 Å². The monoisotopic (exact) mass is 599 g/mol. The summed E-state index contributed by atoms with van der Waals surface area (Å²) >= 11 is 0. The Bertz CT molecular complexity index is 1740. The fourth-order valence-corrected chi connectivity index (χ4v) is 6.50. The first-order valence-corrected chi connectivity index (χ1v) is 14.3. The van der Waals surface area contributed by atoms with E-state index in [0.29, 0.717) is 18.7 Å². The van der Waals surface area contributed by atoms with Crippen molar-refractivity contribution in [3.05, 3.63) is 101 Å². The standard InChI is InChI=1S/C33H28F3N5O3/c1-19-12-20(14-21(13-19)33(34,35)36)31-37-18-41(39-31)11-10-29(42)40-15-26-27(16-40)30(26)38-32(43)44-17-28-24-8-4-2-6-22(24)23-7-3-5-9-25(23)28/h2-14,18,26-28,30H,15-17H2,1H3,(H,38,43)/b11-10-. The Labute approximate surface area is 251 Å². The summed E-state index contributed by atoms with van der Waals surface area (Å²) in [6.45, 7) is 2.84. The van der Waals surface area contributed by atoms with Crippen molar-refractivity contribution < 1.29 is 27.5 Å². The highest BCUT2D eigenvalue weighted by atomic mass is 19.4. The second kappa shape index (κ2) is 10.7. The third-order valence-corrected chi connectivity index (χ3v) is 8.68. The Kier molecular flexibility index (Phi) is 6.75. The highest BCUT2D eigenvalue weighted by molar-refractivity contribution is 5.90. The van der Waals surface area contributed by atoms with Gasteiger partial charge in [0.05, 0.1) is 5.56 Å². The van der Waals surface area contributed by atoms with Crippen LogP contribution in [0.1, 0.15) is 28.2 Å². The minimum atomic E-state index is -4.48. The van der Waals surface area contributed by atoms with Gasteiger partial charge in [0.1, 0.15) is 12.9 Å². The lowest BCUT2D eigenvalue weighted by Crippen LogP contribution is -2.37. The number of ether oxygens (including phenoxy) is 1. The van der Waals surface area contributed by atoms with Gasteiger partial charge in [-0.3, -0.25) is 4.79 Å². The number of carbonyl (C=O) groups is 2. The summed E-state index contributed by atoms with van der Waals surface area (Å²) in [7, 11) is 0. The highest BCUT2D eigenvalue weighted by Crippen LogP contribution is 2.46. The van der Waals surface area contributed by atoms with E-state index < -0.39 is 17.8 Å². The number of alkyl carbamates (subject to hydrolysis) is 1. The number of nitrogens with one attached hydrogen (secondary N) is 1. The van der Waals surface area contributed by atoms with Crippen molar-refractivity contribution >= 4 is 18.2 Å². The number of amides is 2. The number of halogens is 3. The van der Waals surface area contributed by atoms with Gasteiger partial charge in [0.25, 0.3) is 0 Å². The second-order valence-corrected chi connectivity index (χ2v) is 11.5. The maximum atomic E-state index is 13.2. The molecule has 44 heavy (non-hydrogen) atoms. The molecule has 1 saturated carbocycles. The van der Waals surface area contributed by atoms with E-state index in [9.17, 15) is 22.8 Å². The molecule has 1 N–H and O–H groups in total. The minimum Gasteiger partial charge on any atom is -0.449 e. The van der Waals surface area contributed by atoms with Gasteiger partial charge in [0.15, 0.2) is 5.82 Å². The number of rotatable bonds is 6. The van der Waals surface area contributed by atoms with Crippen LogP contribution in [-0.2, 0) is 15.7 Å². The van der Waals surface area contributed by atoms with Crippen LogP contribution in [0.25, 0.3) is 28.7 Å². The molecule has 0 radical (unpaired) electrons. The number of alkyl halides is 3. The lowest BCUT2D eigenvalue weighted by Gasteiger charge is -2.19. The summed E-state index contributed by atoms with van der Waals surface area (Å²) in [5.74, 6) is 0.219. The van der Waals surface area contributed by atoms with Crippen LogP contribution in [0.4, 0.5) is 18.0 Å². The molecule has 2 unspecified atom stereocenters. The van der Waals surface area contributed by atoms with E-state index in [1.54, 1.807) is 17.9 Å². The third-order valence-electron chi connectivity index (χ3n) is 8.68. The molecule has 4 aromatic rings. The van der Waals surface area contributed by atoms with E-state index in [4.69, 9.17) is 4.74 Å².